The molecule has 0 spiro atoms. The predicted octanol–water partition coefficient (Wildman–Crippen LogP) is 5.15. The van der Waals surface area contributed by atoms with Crippen molar-refractivity contribution in [2.75, 3.05) is 0 Å². The number of hydrogen-bond donors (Lipinski definition) is 3. The van der Waals surface area contributed by atoms with Gasteiger partial charge in [-0.2, -0.15) is 0 Å². The molecule has 27 heavy (non-hydrogen) atoms. The Morgan fingerprint density at radius 2 is 1.67 bits per heavy atom. The number of rotatable bonds is 12. The van der Waals surface area contributed by atoms with Crippen LogP contribution in [0, 0.1) is 0 Å². The van der Waals surface area contributed by atoms with Crippen molar-refractivity contribution < 1.29 is 9.90 Å². The molecule has 0 bridgehead atoms. The Labute approximate surface area is 163 Å². The van der Waals surface area contributed by atoms with Crippen LogP contribution < -0.4 is 5.73 Å². The smallest absolute Gasteiger partial charge is 0.320 e. The van der Waals surface area contributed by atoms with Crippen LogP contribution in [0.5, 0.6) is 0 Å². The number of aryl methyl sites for hydroxylation is 3. The van der Waals surface area contributed by atoms with Crippen LogP contribution in [0.3, 0.4) is 0 Å². The van der Waals surface area contributed by atoms with E-state index in [1.165, 1.54) is 53.4 Å². The fraction of sp³-hybridized carbons (Fsp3) is 0.609. The normalized spacial score (nSPS) is 12.6. The van der Waals surface area contributed by atoms with Crippen LogP contribution in [0.15, 0.2) is 12.1 Å². The van der Waals surface area contributed by atoms with E-state index >= 15 is 0 Å². The molecule has 4 nitrogen and oxygen atoms in total. The van der Waals surface area contributed by atoms with E-state index in [4.69, 9.17) is 5.73 Å². The standard InChI is InChI=1S/C23H36N2O2/c1-4-7-10-16-13-17(11-8-5-2)22-19(14-16)18(15-20(24)23(26)27)21(25-22)12-9-6-3/h13-14,20,25H,4-12,15,24H2,1-3H3,(H,26,27)/t20-/m0/s1. The third-order valence-electron chi connectivity index (χ3n) is 5.39. The van der Waals surface area contributed by atoms with Crippen LogP contribution in [0.25, 0.3) is 10.9 Å². The Morgan fingerprint density at radius 1 is 1.04 bits per heavy atom. The molecule has 1 aromatic heterocycles. The number of benzene rings is 1. The second-order valence-electron chi connectivity index (χ2n) is 7.72. The Bertz CT molecular complexity index is 748. The zero-order valence-electron chi connectivity index (χ0n) is 17.2. The van der Waals surface area contributed by atoms with Crippen molar-refractivity contribution >= 4 is 16.9 Å². The van der Waals surface area contributed by atoms with Crippen LogP contribution in [0.4, 0.5) is 0 Å². The molecule has 0 saturated heterocycles. The summed E-state index contributed by atoms with van der Waals surface area (Å²) in [6.45, 7) is 6.62. The van der Waals surface area contributed by atoms with Crippen molar-refractivity contribution in [1.29, 1.82) is 0 Å². The molecule has 4 heteroatoms. The van der Waals surface area contributed by atoms with Crippen molar-refractivity contribution in [2.24, 2.45) is 5.73 Å². The molecule has 0 saturated carbocycles. The van der Waals surface area contributed by atoms with Crippen LogP contribution in [0.1, 0.15) is 81.7 Å². The summed E-state index contributed by atoms with van der Waals surface area (Å²) in [4.78, 5) is 15.0. The molecule has 0 fully saturated rings. The predicted molar refractivity (Wildman–Crippen MR) is 113 cm³/mol. The van der Waals surface area contributed by atoms with Crippen molar-refractivity contribution in [3.63, 3.8) is 0 Å². The second kappa shape index (κ2) is 10.5. The number of H-pyrrole nitrogens is 1. The van der Waals surface area contributed by atoms with Gasteiger partial charge in [0.15, 0.2) is 0 Å². The minimum atomic E-state index is -0.931. The van der Waals surface area contributed by atoms with E-state index in [2.05, 4.69) is 37.9 Å². The maximum Gasteiger partial charge on any atom is 0.320 e. The molecule has 1 atom stereocenters. The van der Waals surface area contributed by atoms with Crippen molar-refractivity contribution in [1.82, 2.24) is 4.98 Å². The van der Waals surface area contributed by atoms with E-state index < -0.39 is 12.0 Å². The molecule has 0 aliphatic carbocycles. The molecule has 2 rings (SSSR count). The first-order valence-electron chi connectivity index (χ1n) is 10.6. The quantitative estimate of drug-likeness (QED) is 0.482. The second-order valence-corrected chi connectivity index (χ2v) is 7.72. The number of aromatic amines is 1. The summed E-state index contributed by atoms with van der Waals surface area (Å²) in [7, 11) is 0. The van der Waals surface area contributed by atoms with Gasteiger partial charge in [-0.1, -0.05) is 46.1 Å². The lowest BCUT2D eigenvalue weighted by Crippen LogP contribution is -2.32. The fourth-order valence-electron chi connectivity index (χ4n) is 3.74. The summed E-state index contributed by atoms with van der Waals surface area (Å²) >= 11 is 0. The minimum Gasteiger partial charge on any atom is -0.480 e. The SMILES string of the molecule is CCCCc1cc(CCCC)c2[nH]c(CCCC)c(C[C@H](N)C(=O)O)c2c1. The van der Waals surface area contributed by atoms with Crippen LogP contribution in [0.2, 0.25) is 0 Å². The number of aliphatic carboxylic acids is 1. The number of aromatic nitrogens is 1. The number of nitrogens with two attached hydrogens (primary N) is 1. The van der Waals surface area contributed by atoms with Gasteiger partial charge >= 0.3 is 5.97 Å². The summed E-state index contributed by atoms with van der Waals surface area (Å²) in [5.74, 6) is -0.931. The first-order valence-corrected chi connectivity index (χ1v) is 10.6. The number of unbranched alkanes of at least 4 members (excludes halogenated alkanes) is 3. The van der Waals surface area contributed by atoms with Gasteiger partial charge in [0.2, 0.25) is 0 Å². The lowest BCUT2D eigenvalue weighted by atomic mass is 9.95. The molecular weight excluding hydrogens is 336 g/mol. The van der Waals surface area contributed by atoms with Gasteiger partial charge in [0.05, 0.1) is 0 Å². The topological polar surface area (TPSA) is 79.1 Å². The number of carboxylic acids is 1. The monoisotopic (exact) mass is 372 g/mol. The third kappa shape index (κ3) is 5.58. The maximum atomic E-state index is 11.4. The highest BCUT2D eigenvalue weighted by Gasteiger charge is 2.20. The van der Waals surface area contributed by atoms with Gasteiger partial charge in [0.1, 0.15) is 6.04 Å². The maximum absolute atomic E-state index is 11.4. The fourth-order valence-corrected chi connectivity index (χ4v) is 3.74. The minimum absolute atomic E-state index is 0.388. The van der Waals surface area contributed by atoms with Crippen LogP contribution in [-0.2, 0) is 30.5 Å². The zero-order valence-corrected chi connectivity index (χ0v) is 17.2. The number of fused-ring (bicyclic) bond motifs is 1. The Morgan fingerprint density at radius 3 is 2.30 bits per heavy atom. The molecule has 0 radical (unpaired) electrons. The Kier molecular flexibility index (Phi) is 8.36. The average molecular weight is 373 g/mol. The number of carbonyl (C=O) groups is 1. The lowest BCUT2D eigenvalue weighted by molar-refractivity contribution is -0.138. The molecule has 0 amide bonds. The summed E-state index contributed by atoms with van der Waals surface area (Å²) in [5.41, 5.74) is 12.1. The van der Waals surface area contributed by atoms with E-state index in [9.17, 15) is 9.90 Å². The van der Waals surface area contributed by atoms with Crippen molar-refractivity contribution in [2.45, 2.75) is 91.0 Å². The van der Waals surface area contributed by atoms with Gasteiger partial charge in [-0.15, -0.1) is 0 Å². The average Bonchev–Trinajstić information content (AvgIpc) is 3.00. The zero-order chi connectivity index (χ0) is 19.8. The van der Waals surface area contributed by atoms with Gasteiger partial charge < -0.3 is 15.8 Å². The Hall–Kier alpha value is -1.81. The number of carboxylic acid groups (broad SMARTS) is 1. The first-order chi connectivity index (χ1) is 13.0. The van der Waals surface area contributed by atoms with Crippen LogP contribution in [-0.4, -0.2) is 22.1 Å². The molecule has 0 unspecified atom stereocenters. The van der Waals surface area contributed by atoms with Gasteiger partial charge in [-0.25, -0.2) is 0 Å². The van der Waals surface area contributed by atoms with E-state index in [-0.39, 0.29) is 0 Å². The molecular formula is C23H36N2O2. The van der Waals surface area contributed by atoms with Gasteiger partial charge in [-0.3, -0.25) is 4.79 Å². The van der Waals surface area contributed by atoms with Gasteiger partial charge in [0, 0.05) is 23.0 Å². The van der Waals surface area contributed by atoms with Gasteiger partial charge in [0.25, 0.3) is 0 Å². The molecule has 0 aliphatic heterocycles. The highest BCUT2D eigenvalue weighted by Crippen LogP contribution is 2.30. The summed E-state index contributed by atoms with van der Waals surface area (Å²) in [5, 5.41) is 10.5. The van der Waals surface area contributed by atoms with E-state index in [0.29, 0.717) is 6.42 Å². The molecule has 0 aliphatic rings. The van der Waals surface area contributed by atoms with Crippen molar-refractivity contribution in [3.8, 4) is 0 Å². The van der Waals surface area contributed by atoms with E-state index in [1.807, 2.05) is 0 Å². The molecule has 150 valence electrons. The molecule has 4 N–H and O–H groups in total. The summed E-state index contributed by atoms with van der Waals surface area (Å²) in [6.07, 6.45) is 10.4. The largest absolute Gasteiger partial charge is 0.480 e. The number of hydrogen-bond acceptors (Lipinski definition) is 2. The molecule has 1 aromatic carbocycles. The Balaban J connectivity index is 2.56. The van der Waals surface area contributed by atoms with Gasteiger partial charge in [-0.05, 0) is 61.3 Å². The first kappa shape index (κ1) is 21.5. The highest BCUT2D eigenvalue weighted by atomic mass is 16.4. The lowest BCUT2D eigenvalue weighted by Gasteiger charge is -2.10. The molecule has 1 heterocycles. The van der Waals surface area contributed by atoms with E-state index in [1.54, 1.807) is 0 Å². The summed E-state index contributed by atoms with van der Waals surface area (Å²) in [6, 6.07) is 3.77. The molecule has 2 aromatic rings. The van der Waals surface area contributed by atoms with Crippen LogP contribution >= 0.6 is 0 Å². The number of nitrogens with one attached hydrogen (secondary N) is 1. The third-order valence-corrected chi connectivity index (χ3v) is 5.39. The van der Waals surface area contributed by atoms with Crippen molar-refractivity contribution in [3.05, 3.63) is 34.5 Å². The highest BCUT2D eigenvalue weighted by molar-refractivity contribution is 5.89. The van der Waals surface area contributed by atoms with E-state index in [0.717, 1.165) is 37.7 Å². The summed E-state index contributed by atoms with van der Waals surface area (Å²) < 4.78 is 0.